The van der Waals surface area contributed by atoms with Gasteiger partial charge in [0.2, 0.25) is 0 Å². The molecule has 2 aliphatic carbocycles. The quantitative estimate of drug-likeness (QED) is 0.823. The van der Waals surface area contributed by atoms with E-state index in [0.717, 1.165) is 22.7 Å². The SMILES string of the molecule is CCC(N)C(c1ccc(Cl)s1)N(CC1CC1)C1CC1. The summed E-state index contributed by atoms with van der Waals surface area (Å²) in [4.78, 5) is 4.04. The summed E-state index contributed by atoms with van der Waals surface area (Å²) in [5.74, 6) is 0.919. The number of thiophene rings is 1. The highest BCUT2D eigenvalue weighted by atomic mass is 35.5. The van der Waals surface area contributed by atoms with Crippen LogP contribution in [0.4, 0.5) is 0 Å². The molecule has 2 saturated carbocycles. The van der Waals surface area contributed by atoms with Crippen molar-refractivity contribution < 1.29 is 0 Å². The van der Waals surface area contributed by atoms with Crippen molar-refractivity contribution in [1.29, 1.82) is 0 Å². The van der Waals surface area contributed by atoms with Crippen LogP contribution >= 0.6 is 22.9 Å². The first-order chi connectivity index (χ1) is 9.19. The Labute approximate surface area is 124 Å². The van der Waals surface area contributed by atoms with Crippen LogP contribution in [0.15, 0.2) is 12.1 Å². The van der Waals surface area contributed by atoms with Gasteiger partial charge in [-0.15, -0.1) is 11.3 Å². The number of hydrogen-bond acceptors (Lipinski definition) is 3. The summed E-state index contributed by atoms with van der Waals surface area (Å²) in [6.45, 7) is 3.42. The molecular weight excluding hydrogens is 276 g/mol. The Morgan fingerprint density at radius 3 is 2.58 bits per heavy atom. The molecule has 2 aliphatic rings. The topological polar surface area (TPSA) is 29.3 Å². The third-order valence-corrected chi connectivity index (χ3v) is 5.60. The first kappa shape index (κ1) is 13.9. The molecule has 2 unspecified atom stereocenters. The summed E-state index contributed by atoms with van der Waals surface area (Å²) < 4.78 is 0.880. The highest BCUT2D eigenvalue weighted by Gasteiger charge is 2.40. The number of nitrogens with two attached hydrogens (primary N) is 1. The monoisotopic (exact) mass is 298 g/mol. The molecule has 1 aromatic heterocycles. The molecule has 1 heterocycles. The normalized spacial score (nSPS) is 22.7. The smallest absolute Gasteiger partial charge is 0.0931 e. The second kappa shape index (κ2) is 5.72. The molecule has 0 saturated heterocycles. The number of halogens is 1. The summed E-state index contributed by atoms with van der Waals surface area (Å²) in [6, 6.07) is 5.54. The zero-order chi connectivity index (χ0) is 13.4. The largest absolute Gasteiger partial charge is 0.326 e. The minimum atomic E-state index is 0.217. The standard InChI is InChI=1S/C15H23ClN2S/c1-2-12(17)15(13-7-8-14(16)19-13)18(11-5-6-11)9-10-3-4-10/h7-8,10-12,15H,2-6,9,17H2,1H3. The average molecular weight is 299 g/mol. The van der Waals surface area contributed by atoms with E-state index < -0.39 is 0 Å². The first-order valence-corrected chi connectivity index (χ1v) is 8.65. The lowest BCUT2D eigenvalue weighted by Gasteiger charge is -2.35. The molecule has 106 valence electrons. The molecule has 3 rings (SSSR count). The molecule has 0 aliphatic heterocycles. The molecule has 0 radical (unpaired) electrons. The molecule has 4 heteroatoms. The van der Waals surface area contributed by atoms with Gasteiger partial charge in [0.05, 0.1) is 10.4 Å². The fourth-order valence-corrected chi connectivity index (χ4v) is 4.08. The molecule has 0 bridgehead atoms. The summed E-state index contributed by atoms with van der Waals surface area (Å²) in [7, 11) is 0. The summed E-state index contributed by atoms with van der Waals surface area (Å²) >= 11 is 7.83. The van der Waals surface area contributed by atoms with Crippen molar-refractivity contribution in [2.45, 2.75) is 57.2 Å². The highest BCUT2D eigenvalue weighted by molar-refractivity contribution is 7.16. The summed E-state index contributed by atoms with van der Waals surface area (Å²) in [5.41, 5.74) is 6.44. The summed E-state index contributed by atoms with van der Waals surface area (Å²) in [6.07, 6.45) is 6.52. The van der Waals surface area contributed by atoms with E-state index in [-0.39, 0.29) is 6.04 Å². The Kier molecular flexibility index (Phi) is 4.18. The van der Waals surface area contributed by atoms with Gasteiger partial charge in [0.25, 0.3) is 0 Å². The van der Waals surface area contributed by atoms with E-state index >= 15 is 0 Å². The predicted molar refractivity (Wildman–Crippen MR) is 82.8 cm³/mol. The molecule has 1 aromatic rings. The molecule has 2 N–H and O–H groups in total. The zero-order valence-corrected chi connectivity index (χ0v) is 13.1. The van der Waals surface area contributed by atoms with Crippen LogP contribution in [-0.4, -0.2) is 23.5 Å². The molecular formula is C15H23ClN2S. The lowest BCUT2D eigenvalue weighted by Crippen LogP contribution is -2.42. The van der Waals surface area contributed by atoms with E-state index in [1.807, 2.05) is 6.07 Å². The van der Waals surface area contributed by atoms with E-state index in [2.05, 4.69) is 17.9 Å². The second-order valence-electron chi connectivity index (χ2n) is 6.03. The Morgan fingerprint density at radius 1 is 1.37 bits per heavy atom. The second-order valence-corrected chi connectivity index (χ2v) is 7.78. The van der Waals surface area contributed by atoms with Crippen LogP contribution in [0, 0.1) is 5.92 Å². The van der Waals surface area contributed by atoms with Gasteiger partial charge in [-0.2, -0.15) is 0 Å². The van der Waals surface area contributed by atoms with Crippen molar-refractivity contribution in [2.75, 3.05) is 6.54 Å². The van der Waals surface area contributed by atoms with Gasteiger partial charge in [0, 0.05) is 23.5 Å². The van der Waals surface area contributed by atoms with Crippen molar-refractivity contribution in [2.24, 2.45) is 11.7 Å². The fourth-order valence-electron chi connectivity index (χ4n) is 2.83. The van der Waals surface area contributed by atoms with Gasteiger partial charge in [-0.05, 0) is 50.2 Å². The van der Waals surface area contributed by atoms with Crippen molar-refractivity contribution in [1.82, 2.24) is 4.90 Å². The van der Waals surface area contributed by atoms with E-state index in [0.29, 0.717) is 6.04 Å². The predicted octanol–water partition coefficient (Wildman–Crippen LogP) is 4.05. The van der Waals surface area contributed by atoms with E-state index in [9.17, 15) is 0 Å². The van der Waals surface area contributed by atoms with Gasteiger partial charge < -0.3 is 5.73 Å². The zero-order valence-electron chi connectivity index (χ0n) is 11.5. The van der Waals surface area contributed by atoms with Crippen LogP contribution in [0.25, 0.3) is 0 Å². The van der Waals surface area contributed by atoms with Crippen molar-refractivity contribution in [3.63, 3.8) is 0 Å². The number of nitrogens with zero attached hydrogens (tertiary/aromatic N) is 1. The third kappa shape index (κ3) is 3.33. The fraction of sp³-hybridized carbons (Fsp3) is 0.733. The van der Waals surface area contributed by atoms with Crippen molar-refractivity contribution in [3.8, 4) is 0 Å². The maximum absolute atomic E-state index is 6.44. The van der Waals surface area contributed by atoms with Crippen LogP contribution in [0.5, 0.6) is 0 Å². The molecule has 19 heavy (non-hydrogen) atoms. The van der Waals surface area contributed by atoms with Crippen molar-refractivity contribution >= 4 is 22.9 Å². The summed E-state index contributed by atoms with van der Waals surface area (Å²) in [5, 5.41) is 0. The number of hydrogen-bond donors (Lipinski definition) is 1. The molecule has 2 nitrogen and oxygen atoms in total. The maximum Gasteiger partial charge on any atom is 0.0931 e. The van der Waals surface area contributed by atoms with Crippen LogP contribution < -0.4 is 5.73 Å². The minimum Gasteiger partial charge on any atom is -0.326 e. The minimum absolute atomic E-state index is 0.217. The van der Waals surface area contributed by atoms with Gasteiger partial charge in [0.1, 0.15) is 0 Å². The highest BCUT2D eigenvalue weighted by Crippen LogP contribution is 2.42. The van der Waals surface area contributed by atoms with Crippen LogP contribution in [0.1, 0.15) is 49.9 Å². The van der Waals surface area contributed by atoms with Gasteiger partial charge >= 0.3 is 0 Å². The van der Waals surface area contributed by atoms with E-state index in [4.69, 9.17) is 17.3 Å². The lowest BCUT2D eigenvalue weighted by molar-refractivity contribution is 0.155. The average Bonchev–Trinajstić information content (AvgIpc) is 3.29. The van der Waals surface area contributed by atoms with Crippen molar-refractivity contribution in [3.05, 3.63) is 21.3 Å². The van der Waals surface area contributed by atoms with Gasteiger partial charge in [-0.25, -0.2) is 0 Å². The van der Waals surface area contributed by atoms with Crippen LogP contribution in [0.2, 0.25) is 4.34 Å². The Morgan fingerprint density at radius 2 is 2.11 bits per heavy atom. The molecule has 0 aromatic carbocycles. The molecule has 0 spiro atoms. The van der Waals surface area contributed by atoms with Crippen LogP contribution in [0.3, 0.4) is 0 Å². The Balaban J connectivity index is 1.82. The van der Waals surface area contributed by atoms with E-state index in [1.165, 1.54) is 37.1 Å². The third-order valence-electron chi connectivity index (χ3n) is 4.30. The molecule has 2 fully saturated rings. The van der Waals surface area contributed by atoms with Gasteiger partial charge in [-0.3, -0.25) is 4.90 Å². The maximum atomic E-state index is 6.44. The lowest BCUT2D eigenvalue weighted by atomic mass is 10.0. The Hall–Kier alpha value is -0.0900. The van der Waals surface area contributed by atoms with Crippen LogP contribution in [-0.2, 0) is 0 Å². The molecule has 0 amide bonds. The van der Waals surface area contributed by atoms with Gasteiger partial charge in [-0.1, -0.05) is 18.5 Å². The Bertz CT molecular complexity index is 426. The molecule has 2 atom stereocenters. The van der Waals surface area contributed by atoms with E-state index in [1.54, 1.807) is 11.3 Å². The first-order valence-electron chi connectivity index (χ1n) is 7.45. The van der Waals surface area contributed by atoms with Gasteiger partial charge in [0.15, 0.2) is 0 Å². The number of rotatable bonds is 7.